The van der Waals surface area contributed by atoms with Gasteiger partial charge in [-0.25, -0.2) is 64.0 Å². The van der Waals surface area contributed by atoms with Crippen LogP contribution in [0.3, 0.4) is 0 Å². The van der Waals surface area contributed by atoms with E-state index in [0.717, 1.165) is 46.4 Å². The number of rotatable bonds is 17. The largest absolute Gasteiger partial charge is 0.573 e. The maximum absolute atomic E-state index is 12.7. The van der Waals surface area contributed by atoms with Crippen LogP contribution in [0, 0.1) is 0 Å². The molecule has 18 nitrogen and oxygen atoms in total. The van der Waals surface area contributed by atoms with E-state index >= 15 is 0 Å². The normalized spacial score (nSPS) is 12.5. The Labute approximate surface area is 548 Å². The third-order valence-electron chi connectivity index (χ3n) is 15.0. The summed E-state index contributed by atoms with van der Waals surface area (Å²) < 4.78 is 211. The van der Waals surface area contributed by atoms with Crippen molar-refractivity contribution in [3.05, 3.63) is 240 Å². The van der Waals surface area contributed by atoms with Crippen LogP contribution in [-0.4, -0.2) is 75.4 Å². The third-order valence-corrected chi connectivity index (χ3v) is 19.4. The lowest BCUT2D eigenvalue weighted by atomic mass is 10.1. The molecule has 0 unspecified atom stereocenters. The average Bonchev–Trinajstić information content (AvgIpc) is 1.80. The number of ether oxygens (including phenoxy) is 1. The highest BCUT2D eigenvalue weighted by molar-refractivity contribution is 7.92. The Balaban J connectivity index is 0.000000158. The van der Waals surface area contributed by atoms with Gasteiger partial charge in [-0.05, 0) is 144 Å². The number of aromatic nitrogens is 6. The van der Waals surface area contributed by atoms with E-state index in [1.807, 2.05) is 0 Å². The smallest absolute Gasteiger partial charge is 0.406 e. The number of hydrogen-bond acceptors (Lipinski definition) is 12. The van der Waals surface area contributed by atoms with Crippen LogP contribution in [-0.2, 0) is 84.6 Å². The summed E-state index contributed by atoms with van der Waals surface area (Å²) in [7, 11) is -17.1. The van der Waals surface area contributed by atoms with Crippen LogP contribution < -0.4 is 20.2 Å². The van der Waals surface area contributed by atoms with Crippen LogP contribution >= 0.6 is 0 Å². The first kappa shape index (κ1) is 70.1. The summed E-state index contributed by atoms with van der Waals surface area (Å²) in [6, 6.07) is 50.6. The van der Waals surface area contributed by atoms with Gasteiger partial charge in [-0.3, -0.25) is 0 Å². The summed E-state index contributed by atoms with van der Waals surface area (Å²) >= 11 is 0. The standard InChI is InChI=1S/C22H18F3N3O4S2.C22H18F3N3O3S.C22H18F3N3O2S/c23-22(24,25)33(29,30)16-9-5-14(6-10-16)7-12-21-27-18-11-8-15(13-19(18)28-21)17-3-1-2-4-20(17)34(26,31)32;23-22(24,25)31-16-9-5-14(6-10-16)7-12-21-27-18-11-8-15(13-19(18)28-21)17-3-1-2-4-20(17)32(26,29)30;23-22(24,25)16-9-5-14(6-10-16)7-12-21-27-18-11-8-15(13-19(18)28-21)17-3-1-2-4-20(17)31(26,29)30/h1-6,8-11,13H,7,12H2,(H,27,28)(H2,26,31,32);1-6,8-11,13H,7,12H2,(H,27,28)(H2,26,29,30);1-6,8-11,13H,7,12H2,(H,27,28)(H2,26,29,30). The zero-order chi connectivity index (χ0) is 69.9. The molecule has 0 amide bonds. The van der Waals surface area contributed by atoms with Crippen molar-refractivity contribution in [2.45, 2.75) is 76.2 Å². The van der Waals surface area contributed by atoms with E-state index in [2.05, 4.69) is 34.6 Å². The summed E-state index contributed by atoms with van der Waals surface area (Å²) in [4.78, 5) is 22.4. The highest BCUT2D eigenvalue weighted by Crippen LogP contribution is 2.35. The fourth-order valence-corrected chi connectivity index (χ4v) is 13.4. The number of sulfone groups is 1. The number of sulfonamides is 3. The zero-order valence-electron chi connectivity index (χ0n) is 50.1. The van der Waals surface area contributed by atoms with Crippen molar-refractivity contribution in [2.75, 3.05) is 0 Å². The van der Waals surface area contributed by atoms with E-state index in [0.29, 0.717) is 117 Å². The quantitative estimate of drug-likeness (QED) is 0.0464. The number of primary sulfonamides is 3. The molecule has 0 atom stereocenters. The lowest BCUT2D eigenvalue weighted by Gasteiger charge is -2.09. The maximum atomic E-state index is 12.7. The van der Waals surface area contributed by atoms with Gasteiger partial charge in [-0.15, -0.1) is 13.2 Å². The van der Waals surface area contributed by atoms with E-state index in [9.17, 15) is 73.2 Å². The molecule has 0 bridgehead atoms. The monoisotopic (exact) mass is 1420 g/mol. The summed E-state index contributed by atoms with van der Waals surface area (Å²) in [6.45, 7) is 0. The number of aryl methyl sites for hydroxylation is 6. The molecular weight excluding hydrogens is 1360 g/mol. The minimum absolute atomic E-state index is 0.00470. The Hall–Kier alpha value is -9.76. The molecule has 0 aliphatic carbocycles. The number of aromatic amines is 3. The number of nitrogens with one attached hydrogen (secondary N) is 3. The fourth-order valence-electron chi connectivity index (χ4n) is 10.4. The van der Waals surface area contributed by atoms with Crippen molar-refractivity contribution in [1.29, 1.82) is 0 Å². The second kappa shape index (κ2) is 27.8. The van der Waals surface area contributed by atoms with Crippen molar-refractivity contribution >= 4 is 73.0 Å². The molecule has 0 aliphatic heterocycles. The Morgan fingerprint density at radius 3 is 0.979 bits per heavy atom. The Kier molecular flexibility index (Phi) is 20.0. The van der Waals surface area contributed by atoms with Crippen molar-refractivity contribution in [1.82, 2.24) is 29.9 Å². The predicted octanol–water partition coefficient (Wildman–Crippen LogP) is 13.2. The van der Waals surface area contributed by atoms with Gasteiger partial charge in [0.25, 0.3) is 9.84 Å². The number of benzene rings is 9. The van der Waals surface area contributed by atoms with Gasteiger partial charge < -0.3 is 19.7 Å². The highest BCUT2D eigenvalue weighted by atomic mass is 32.2. The minimum Gasteiger partial charge on any atom is -0.406 e. The summed E-state index contributed by atoms with van der Waals surface area (Å²) in [5, 5.41) is 16.0. The molecule has 504 valence electrons. The van der Waals surface area contributed by atoms with E-state index in [1.165, 1.54) is 54.6 Å². The summed E-state index contributed by atoms with van der Waals surface area (Å²) in [6.07, 6.45) is -6.09. The summed E-state index contributed by atoms with van der Waals surface area (Å²) in [5.41, 5.74) is 3.86. The Morgan fingerprint density at radius 2 is 0.680 bits per heavy atom. The number of hydrogen-bond donors (Lipinski definition) is 6. The molecule has 9 N–H and O–H groups in total. The second-order valence-corrected chi connectivity index (χ2v) is 28.4. The van der Waals surface area contributed by atoms with E-state index in [1.54, 1.807) is 121 Å². The van der Waals surface area contributed by atoms with Crippen molar-refractivity contribution in [2.24, 2.45) is 15.4 Å². The van der Waals surface area contributed by atoms with Gasteiger partial charge in [-0.1, -0.05) is 109 Å². The van der Waals surface area contributed by atoms with Gasteiger partial charge in [-0.2, -0.15) is 26.3 Å². The molecule has 0 aliphatic rings. The third kappa shape index (κ3) is 17.5. The van der Waals surface area contributed by atoms with E-state index in [4.69, 9.17) is 15.4 Å². The van der Waals surface area contributed by atoms with Crippen molar-refractivity contribution in [3.63, 3.8) is 0 Å². The minimum atomic E-state index is -5.38. The number of imidazole rings is 3. The Morgan fingerprint density at radius 1 is 0.371 bits per heavy atom. The molecule has 12 aromatic rings. The molecule has 12 rings (SSSR count). The predicted molar refractivity (Wildman–Crippen MR) is 345 cm³/mol. The molecular formula is C66H54F9N9O9S4. The van der Waals surface area contributed by atoms with Gasteiger partial charge in [0.05, 0.1) is 58.2 Å². The Bertz CT molecular complexity index is 5340. The van der Waals surface area contributed by atoms with Crippen LogP contribution in [0.1, 0.15) is 39.7 Å². The molecule has 9 aromatic carbocycles. The lowest BCUT2D eigenvalue weighted by molar-refractivity contribution is -0.274. The molecule has 0 saturated carbocycles. The molecule has 3 heterocycles. The first-order chi connectivity index (χ1) is 45.6. The maximum Gasteiger partial charge on any atom is 0.573 e. The van der Waals surface area contributed by atoms with Gasteiger partial charge in [0.1, 0.15) is 23.2 Å². The van der Waals surface area contributed by atoms with Crippen LogP contribution in [0.25, 0.3) is 66.5 Å². The summed E-state index contributed by atoms with van der Waals surface area (Å²) in [5.74, 6) is 1.73. The number of halogens is 9. The van der Waals surface area contributed by atoms with Crippen LogP contribution in [0.2, 0.25) is 0 Å². The van der Waals surface area contributed by atoms with Gasteiger partial charge >= 0.3 is 18.0 Å². The lowest BCUT2D eigenvalue weighted by Crippen LogP contribution is -2.23. The van der Waals surface area contributed by atoms with Gasteiger partial charge in [0, 0.05) is 36.0 Å². The number of fused-ring (bicyclic) bond motifs is 3. The van der Waals surface area contributed by atoms with E-state index in [-0.39, 0.29) is 20.4 Å². The fraction of sp³-hybridized carbons (Fsp3) is 0.136. The molecule has 3 aromatic heterocycles. The van der Waals surface area contributed by atoms with E-state index < -0.39 is 68.4 Å². The second-order valence-electron chi connectivity index (χ2n) is 21.8. The molecule has 31 heteroatoms. The number of nitrogens with two attached hydrogens (primary N) is 3. The van der Waals surface area contributed by atoms with Crippen molar-refractivity contribution in [3.8, 4) is 39.1 Å². The number of nitrogens with zero attached hydrogens (tertiary/aromatic N) is 3. The van der Waals surface area contributed by atoms with Crippen LogP contribution in [0.5, 0.6) is 5.75 Å². The van der Waals surface area contributed by atoms with Crippen LogP contribution in [0.15, 0.2) is 220 Å². The molecule has 0 fully saturated rings. The van der Waals surface area contributed by atoms with Crippen molar-refractivity contribution < 1.29 is 77.9 Å². The highest BCUT2D eigenvalue weighted by Gasteiger charge is 2.46. The molecule has 0 saturated heterocycles. The molecule has 97 heavy (non-hydrogen) atoms. The first-order valence-electron chi connectivity index (χ1n) is 28.8. The van der Waals surface area contributed by atoms with Gasteiger partial charge in [0.2, 0.25) is 30.1 Å². The molecule has 0 radical (unpaired) electrons. The van der Waals surface area contributed by atoms with Crippen LogP contribution in [0.4, 0.5) is 39.5 Å². The average molecular weight is 1420 g/mol. The number of alkyl halides is 9. The SMILES string of the molecule is NS(=O)(=O)c1ccccc1-c1ccc2nc(CCc3ccc(C(F)(F)F)cc3)[nH]c2c1.NS(=O)(=O)c1ccccc1-c1ccc2nc(CCc3ccc(OC(F)(F)F)cc3)[nH]c2c1.NS(=O)(=O)c1ccccc1-c1ccc2nc(CCc3ccc(S(=O)(=O)C(F)(F)F)cc3)[nH]c2c1. The number of H-pyrrole nitrogens is 3. The molecule has 0 spiro atoms. The zero-order valence-corrected chi connectivity index (χ0v) is 53.3. The first-order valence-corrected chi connectivity index (χ1v) is 34.9. The van der Waals surface area contributed by atoms with Gasteiger partial charge in [0.15, 0.2) is 0 Å². The topological polar surface area (TPSA) is 310 Å².